The number of carbonyl (C=O) groups excluding carboxylic acids is 2. The highest BCUT2D eigenvalue weighted by atomic mass is 35.5. The highest BCUT2D eigenvalue weighted by Crippen LogP contribution is 2.26. The van der Waals surface area contributed by atoms with Gasteiger partial charge in [0.25, 0.3) is 0 Å². The van der Waals surface area contributed by atoms with Crippen molar-refractivity contribution in [2.75, 3.05) is 25.0 Å². The van der Waals surface area contributed by atoms with E-state index in [9.17, 15) is 14.0 Å². The first-order chi connectivity index (χ1) is 13.0. The van der Waals surface area contributed by atoms with E-state index in [2.05, 4.69) is 0 Å². The molecule has 0 N–H and O–H groups in total. The van der Waals surface area contributed by atoms with Gasteiger partial charge in [0.2, 0.25) is 5.91 Å². The number of likely N-dealkylation sites (tertiary alicyclic amines) is 1. The minimum Gasteiger partial charge on any atom is -0.445 e. The quantitative estimate of drug-likeness (QED) is 0.789. The number of anilines is 1. The van der Waals surface area contributed by atoms with E-state index in [1.54, 1.807) is 0 Å². The van der Waals surface area contributed by atoms with Gasteiger partial charge in [0.1, 0.15) is 12.4 Å². The number of nitrogens with zero attached hydrogens (tertiary/aromatic N) is 2. The van der Waals surface area contributed by atoms with Crippen molar-refractivity contribution in [2.45, 2.75) is 13.0 Å². The fourth-order valence-electron chi connectivity index (χ4n) is 3.08. The molecule has 142 valence electrons. The molecule has 0 aliphatic carbocycles. The fourth-order valence-corrected chi connectivity index (χ4v) is 3.24. The maximum Gasteiger partial charge on any atom is 0.410 e. The molecule has 0 aromatic heterocycles. The Balaban J connectivity index is 1.56. The summed E-state index contributed by atoms with van der Waals surface area (Å²) in [5.74, 6) is -1.19. The lowest BCUT2D eigenvalue weighted by Gasteiger charge is -2.22. The molecule has 7 heteroatoms. The zero-order valence-corrected chi connectivity index (χ0v) is 15.7. The smallest absolute Gasteiger partial charge is 0.410 e. The number of halogens is 2. The number of amides is 2. The molecule has 2 aromatic carbocycles. The first-order valence-electron chi connectivity index (χ1n) is 8.64. The summed E-state index contributed by atoms with van der Waals surface area (Å²) in [6, 6.07) is 13.6. The van der Waals surface area contributed by atoms with Crippen LogP contribution in [0.25, 0.3) is 0 Å². The molecule has 1 saturated heterocycles. The zero-order valence-electron chi connectivity index (χ0n) is 14.9. The Morgan fingerprint density at radius 1 is 1.26 bits per heavy atom. The summed E-state index contributed by atoms with van der Waals surface area (Å²) in [5.41, 5.74) is 1.06. The molecule has 2 aromatic rings. The second kappa shape index (κ2) is 8.39. The Kier molecular flexibility index (Phi) is 5.96. The molecule has 2 amide bonds. The van der Waals surface area contributed by atoms with Gasteiger partial charge in [-0.05, 0) is 30.2 Å². The first kappa shape index (κ1) is 19.2. The van der Waals surface area contributed by atoms with E-state index in [1.807, 2.05) is 30.3 Å². The summed E-state index contributed by atoms with van der Waals surface area (Å²) < 4.78 is 19.4. The van der Waals surface area contributed by atoms with E-state index in [0.29, 0.717) is 13.0 Å². The molecule has 0 bridgehead atoms. The van der Waals surface area contributed by atoms with Gasteiger partial charge >= 0.3 is 6.09 Å². The van der Waals surface area contributed by atoms with Crippen LogP contribution in [-0.4, -0.2) is 37.0 Å². The van der Waals surface area contributed by atoms with E-state index in [1.165, 1.54) is 35.0 Å². The Morgan fingerprint density at radius 3 is 2.70 bits per heavy atom. The minimum absolute atomic E-state index is 0.162. The lowest BCUT2D eigenvalue weighted by atomic mass is 10.1. The summed E-state index contributed by atoms with van der Waals surface area (Å²) in [6.45, 7) is 0.873. The summed E-state index contributed by atoms with van der Waals surface area (Å²) >= 11 is 5.75. The van der Waals surface area contributed by atoms with Crippen molar-refractivity contribution in [1.29, 1.82) is 0 Å². The van der Waals surface area contributed by atoms with E-state index >= 15 is 0 Å². The summed E-state index contributed by atoms with van der Waals surface area (Å²) in [7, 11) is 1.52. The number of benzene rings is 2. The molecule has 1 aliphatic rings. The van der Waals surface area contributed by atoms with Crippen LogP contribution in [0.5, 0.6) is 0 Å². The molecule has 3 rings (SSSR count). The number of ether oxygens (including phenoxy) is 1. The third-order valence-electron chi connectivity index (χ3n) is 4.60. The van der Waals surface area contributed by atoms with Crippen molar-refractivity contribution in [3.63, 3.8) is 0 Å². The van der Waals surface area contributed by atoms with E-state index in [-0.39, 0.29) is 29.8 Å². The molecular weight excluding hydrogens is 371 g/mol. The third-order valence-corrected chi connectivity index (χ3v) is 4.84. The van der Waals surface area contributed by atoms with Crippen LogP contribution in [0, 0.1) is 11.7 Å². The van der Waals surface area contributed by atoms with Gasteiger partial charge in [-0.1, -0.05) is 41.9 Å². The molecule has 1 heterocycles. The van der Waals surface area contributed by atoms with Crippen LogP contribution in [0.1, 0.15) is 12.0 Å². The van der Waals surface area contributed by atoms with Gasteiger partial charge in [-0.2, -0.15) is 0 Å². The molecule has 27 heavy (non-hydrogen) atoms. The van der Waals surface area contributed by atoms with E-state index < -0.39 is 17.8 Å². The standard InChI is InChI=1S/C20H20ClFN2O3/c1-23(18-8-7-16(21)11-17(18)22)19(25)15-9-10-24(12-15)20(26)27-13-14-5-3-2-4-6-14/h2-8,11,15H,9-10,12-13H2,1H3. The van der Waals surface area contributed by atoms with Crippen molar-refractivity contribution in [1.82, 2.24) is 4.90 Å². The van der Waals surface area contributed by atoms with Gasteiger partial charge in [0, 0.05) is 25.2 Å². The minimum atomic E-state index is -0.560. The van der Waals surface area contributed by atoms with E-state index in [4.69, 9.17) is 16.3 Å². The summed E-state index contributed by atoms with van der Waals surface area (Å²) in [6.07, 6.45) is 0.0632. The summed E-state index contributed by atoms with van der Waals surface area (Å²) in [5, 5.41) is 0.269. The SMILES string of the molecule is CN(C(=O)C1CCN(C(=O)OCc2ccccc2)C1)c1ccc(Cl)cc1F. The molecule has 1 atom stereocenters. The lowest BCUT2D eigenvalue weighted by molar-refractivity contribution is -0.121. The molecule has 1 aliphatic heterocycles. The molecule has 1 unspecified atom stereocenters. The van der Waals surface area contributed by atoms with Crippen LogP contribution in [-0.2, 0) is 16.1 Å². The molecule has 0 spiro atoms. The average molecular weight is 391 g/mol. The highest BCUT2D eigenvalue weighted by Gasteiger charge is 2.34. The topological polar surface area (TPSA) is 49.9 Å². The van der Waals surface area contributed by atoms with Crippen molar-refractivity contribution in [3.05, 3.63) is 64.9 Å². The van der Waals surface area contributed by atoms with Crippen LogP contribution in [0.15, 0.2) is 48.5 Å². The number of hydrogen-bond acceptors (Lipinski definition) is 3. The van der Waals surface area contributed by atoms with Crippen molar-refractivity contribution >= 4 is 29.3 Å². The largest absolute Gasteiger partial charge is 0.445 e. The maximum atomic E-state index is 14.1. The Morgan fingerprint density at radius 2 is 2.00 bits per heavy atom. The Hall–Kier alpha value is -2.60. The zero-order chi connectivity index (χ0) is 19.4. The molecular formula is C20H20ClFN2O3. The summed E-state index contributed by atoms with van der Waals surface area (Å²) in [4.78, 5) is 27.7. The van der Waals surface area contributed by atoms with Crippen LogP contribution in [0.2, 0.25) is 5.02 Å². The highest BCUT2D eigenvalue weighted by molar-refractivity contribution is 6.30. The Labute approximate surface area is 162 Å². The fraction of sp³-hybridized carbons (Fsp3) is 0.300. The van der Waals surface area contributed by atoms with Crippen molar-refractivity contribution < 1.29 is 18.7 Å². The lowest BCUT2D eigenvalue weighted by Crippen LogP contribution is -2.36. The molecule has 0 radical (unpaired) electrons. The van der Waals surface area contributed by atoms with E-state index in [0.717, 1.165) is 5.56 Å². The van der Waals surface area contributed by atoms with Gasteiger partial charge in [-0.15, -0.1) is 0 Å². The van der Waals surface area contributed by atoms with Crippen LogP contribution < -0.4 is 4.90 Å². The van der Waals surface area contributed by atoms with Gasteiger partial charge in [0.15, 0.2) is 0 Å². The van der Waals surface area contributed by atoms with Crippen molar-refractivity contribution in [3.8, 4) is 0 Å². The van der Waals surface area contributed by atoms with Gasteiger partial charge in [-0.25, -0.2) is 9.18 Å². The number of rotatable bonds is 4. The average Bonchev–Trinajstić information content (AvgIpc) is 3.16. The molecule has 1 fully saturated rings. The van der Waals surface area contributed by atoms with Crippen LogP contribution >= 0.6 is 11.6 Å². The van der Waals surface area contributed by atoms with Gasteiger partial charge in [-0.3, -0.25) is 4.79 Å². The van der Waals surface area contributed by atoms with Crippen molar-refractivity contribution in [2.24, 2.45) is 5.92 Å². The first-order valence-corrected chi connectivity index (χ1v) is 9.01. The van der Waals surface area contributed by atoms with Crippen LogP contribution in [0.4, 0.5) is 14.9 Å². The second-order valence-electron chi connectivity index (χ2n) is 6.46. The van der Waals surface area contributed by atoms with Crippen LogP contribution in [0.3, 0.4) is 0 Å². The molecule has 0 saturated carbocycles. The van der Waals surface area contributed by atoms with Gasteiger partial charge in [0.05, 0.1) is 11.6 Å². The third kappa shape index (κ3) is 4.57. The maximum absolute atomic E-state index is 14.1. The van der Waals surface area contributed by atoms with Gasteiger partial charge < -0.3 is 14.5 Å². The number of hydrogen-bond donors (Lipinski definition) is 0. The molecule has 5 nitrogen and oxygen atoms in total. The predicted molar refractivity (Wildman–Crippen MR) is 101 cm³/mol. The Bertz CT molecular complexity index is 831. The monoisotopic (exact) mass is 390 g/mol. The normalized spacial score (nSPS) is 16.3. The second-order valence-corrected chi connectivity index (χ2v) is 6.90. The predicted octanol–water partition coefficient (Wildman–Crippen LogP) is 4.10. The number of carbonyl (C=O) groups is 2.